The molecule has 0 aliphatic heterocycles. The average Bonchev–Trinajstić information content (AvgIpc) is 2.64. The number of alkyl halides is 1. The summed E-state index contributed by atoms with van der Waals surface area (Å²) >= 11 is 6.28. The monoisotopic (exact) mass is 265 g/mol. The second-order valence-electron chi connectivity index (χ2n) is 5.09. The molecular weight excluding hydrogens is 246 g/mol. The Kier molecular flexibility index (Phi) is 4.12. The lowest BCUT2D eigenvalue weighted by atomic mass is 10.1. The summed E-state index contributed by atoms with van der Waals surface area (Å²) < 4.78 is 2.06. The Morgan fingerprint density at radius 3 is 2.72 bits per heavy atom. The third-order valence-corrected chi connectivity index (χ3v) is 3.33. The van der Waals surface area contributed by atoms with Crippen molar-refractivity contribution < 1.29 is 0 Å². The number of para-hydroxylation sites is 2. The van der Waals surface area contributed by atoms with Crippen LogP contribution in [0.4, 0.5) is 5.95 Å². The van der Waals surface area contributed by atoms with Crippen LogP contribution in [-0.2, 0) is 7.05 Å². The van der Waals surface area contributed by atoms with Crippen LogP contribution in [0.3, 0.4) is 0 Å². The zero-order valence-electron chi connectivity index (χ0n) is 11.2. The normalized spacial score (nSPS) is 13.2. The largest absolute Gasteiger partial charge is 0.354 e. The molecule has 1 aromatic carbocycles. The SMILES string of the molecule is CC(C)CC(Cl)CNc1nc2ccccc2n1C. The number of aryl methyl sites for hydroxylation is 1. The third-order valence-electron chi connectivity index (χ3n) is 3.00. The van der Waals surface area contributed by atoms with Gasteiger partial charge in [-0.25, -0.2) is 4.98 Å². The van der Waals surface area contributed by atoms with E-state index in [1.807, 2.05) is 25.2 Å². The summed E-state index contributed by atoms with van der Waals surface area (Å²) in [5.74, 6) is 1.50. The maximum absolute atomic E-state index is 6.28. The molecule has 0 spiro atoms. The number of fused-ring (bicyclic) bond motifs is 1. The van der Waals surface area contributed by atoms with Gasteiger partial charge in [-0.2, -0.15) is 0 Å². The van der Waals surface area contributed by atoms with E-state index in [2.05, 4.69) is 34.8 Å². The summed E-state index contributed by atoms with van der Waals surface area (Å²) in [6.07, 6.45) is 1.01. The van der Waals surface area contributed by atoms with Crippen molar-refractivity contribution in [3.05, 3.63) is 24.3 Å². The smallest absolute Gasteiger partial charge is 0.203 e. The number of imidazole rings is 1. The van der Waals surface area contributed by atoms with Crippen LogP contribution in [0.2, 0.25) is 0 Å². The first-order valence-electron chi connectivity index (χ1n) is 6.37. The predicted octanol–water partition coefficient (Wildman–Crippen LogP) is 3.64. The molecule has 98 valence electrons. The van der Waals surface area contributed by atoms with Crippen LogP contribution < -0.4 is 5.32 Å². The molecule has 0 aliphatic rings. The van der Waals surface area contributed by atoms with Gasteiger partial charge in [0, 0.05) is 13.6 Å². The Bertz CT molecular complexity index is 519. The highest BCUT2D eigenvalue weighted by Gasteiger charge is 2.10. The molecule has 1 heterocycles. The lowest BCUT2D eigenvalue weighted by Crippen LogP contribution is -2.18. The van der Waals surface area contributed by atoms with Crippen molar-refractivity contribution in [2.24, 2.45) is 13.0 Å². The molecule has 0 radical (unpaired) electrons. The van der Waals surface area contributed by atoms with Gasteiger partial charge in [0.25, 0.3) is 0 Å². The summed E-state index contributed by atoms with van der Waals surface area (Å²) in [6.45, 7) is 5.12. The molecule has 1 N–H and O–H groups in total. The number of anilines is 1. The number of nitrogens with one attached hydrogen (secondary N) is 1. The molecule has 3 nitrogen and oxygen atoms in total. The van der Waals surface area contributed by atoms with E-state index in [0.29, 0.717) is 5.92 Å². The van der Waals surface area contributed by atoms with Gasteiger partial charge < -0.3 is 9.88 Å². The van der Waals surface area contributed by atoms with Crippen LogP contribution >= 0.6 is 11.6 Å². The Balaban J connectivity index is 2.06. The lowest BCUT2D eigenvalue weighted by molar-refractivity contribution is 0.571. The summed E-state index contributed by atoms with van der Waals surface area (Å²) in [5.41, 5.74) is 2.15. The zero-order chi connectivity index (χ0) is 13.1. The standard InChI is InChI=1S/C14H20ClN3/c1-10(2)8-11(15)9-16-14-17-12-6-4-5-7-13(12)18(14)3/h4-7,10-11H,8-9H2,1-3H3,(H,16,17). The number of nitrogens with zero attached hydrogens (tertiary/aromatic N) is 2. The van der Waals surface area contributed by atoms with E-state index in [1.54, 1.807) is 0 Å². The van der Waals surface area contributed by atoms with Gasteiger partial charge in [-0.05, 0) is 24.5 Å². The zero-order valence-corrected chi connectivity index (χ0v) is 11.9. The van der Waals surface area contributed by atoms with Crippen molar-refractivity contribution in [2.75, 3.05) is 11.9 Å². The molecule has 2 aromatic rings. The maximum atomic E-state index is 6.28. The minimum Gasteiger partial charge on any atom is -0.354 e. The summed E-state index contributed by atoms with van der Waals surface area (Å²) in [4.78, 5) is 4.56. The topological polar surface area (TPSA) is 29.9 Å². The molecule has 2 rings (SSSR count). The van der Waals surface area contributed by atoms with Crippen LogP contribution in [-0.4, -0.2) is 21.5 Å². The van der Waals surface area contributed by atoms with Gasteiger partial charge in [-0.15, -0.1) is 11.6 Å². The Morgan fingerprint density at radius 2 is 2.06 bits per heavy atom. The minimum absolute atomic E-state index is 0.143. The Hall–Kier alpha value is -1.22. The second-order valence-corrected chi connectivity index (χ2v) is 5.71. The molecule has 1 atom stereocenters. The molecule has 0 bridgehead atoms. The second kappa shape index (κ2) is 5.61. The number of halogens is 1. The molecular formula is C14H20ClN3. The van der Waals surface area contributed by atoms with Crippen LogP contribution in [0.1, 0.15) is 20.3 Å². The number of rotatable bonds is 5. The van der Waals surface area contributed by atoms with Crippen molar-refractivity contribution in [3.63, 3.8) is 0 Å². The molecule has 1 aromatic heterocycles. The molecule has 1 unspecified atom stereocenters. The van der Waals surface area contributed by atoms with Crippen LogP contribution in [0, 0.1) is 5.92 Å². The van der Waals surface area contributed by atoms with Gasteiger partial charge in [0.2, 0.25) is 5.95 Å². The molecule has 0 fully saturated rings. The van der Waals surface area contributed by atoms with Crippen molar-refractivity contribution >= 4 is 28.6 Å². The highest BCUT2D eigenvalue weighted by Crippen LogP contribution is 2.18. The summed E-state index contributed by atoms with van der Waals surface area (Å²) in [6, 6.07) is 8.12. The fourth-order valence-electron chi connectivity index (χ4n) is 2.10. The number of hydrogen-bond acceptors (Lipinski definition) is 2. The van der Waals surface area contributed by atoms with E-state index < -0.39 is 0 Å². The van der Waals surface area contributed by atoms with Crippen molar-refractivity contribution in [2.45, 2.75) is 25.6 Å². The quantitative estimate of drug-likeness (QED) is 0.837. The molecule has 0 saturated carbocycles. The van der Waals surface area contributed by atoms with Gasteiger partial charge in [-0.1, -0.05) is 26.0 Å². The van der Waals surface area contributed by atoms with Crippen molar-refractivity contribution in [1.82, 2.24) is 9.55 Å². The van der Waals surface area contributed by atoms with E-state index in [1.165, 1.54) is 0 Å². The number of benzene rings is 1. The van der Waals surface area contributed by atoms with Crippen molar-refractivity contribution in [1.29, 1.82) is 0 Å². The average molecular weight is 266 g/mol. The molecule has 18 heavy (non-hydrogen) atoms. The Labute approximate surface area is 113 Å². The molecule has 4 heteroatoms. The summed E-state index contributed by atoms with van der Waals surface area (Å²) in [5, 5.41) is 3.47. The molecule has 0 saturated heterocycles. The van der Waals surface area contributed by atoms with E-state index in [9.17, 15) is 0 Å². The van der Waals surface area contributed by atoms with Gasteiger partial charge in [-0.3, -0.25) is 0 Å². The highest BCUT2D eigenvalue weighted by atomic mass is 35.5. The first kappa shape index (κ1) is 13.2. The maximum Gasteiger partial charge on any atom is 0.203 e. The van der Waals surface area contributed by atoms with Gasteiger partial charge >= 0.3 is 0 Å². The summed E-state index contributed by atoms with van der Waals surface area (Å²) in [7, 11) is 2.02. The first-order valence-corrected chi connectivity index (χ1v) is 6.81. The lowest BCUT2D eigenvalue weighted by Gasteiger charge is -2.13. The number of aromatic nitrogens is 2. The number of hydrogen-bond donors (Lipinski definition) is 1. The van der Waals surface area contributed by atoms with Gasteiger partial charge in [0.05, 0.1) is 16.4 Å². The third kappa shape index (κ3) is 2.96. The minimum atomic E-state index is 0.143. The first-order chi connectivity index (χ1) is 8.58. The fourth-order valence-corrected chi connectivity index (χ4v) is 2.53. The van der Waals surface area contributed by atoms with E-state index >= 15 is 0 Å². The fraction of sp³-hybridized carbons (Fsp3) is 0.500. The molecule has 0 aliphatic carbocycles. The van der Waals surface area contributed by atoms with Crippen LogP contribution in [0.15, 0.2) is 24.3 Å². The highest BCUT2D eigenvalue weighted by molar-refractivity contribution is 6.20. The van der Waals surface area contributed by atoms with Crippen LogP contribution in [0.25, 0.3) is 11.0 Å². The van der Waals surface area contributed by atoms with Crippen molar-refractivity contribution in [3.8, 4) is 0 Å². The van der Waals surface area contributed by atoms with Gasteiger partial charge in [0.1, 0.15) is 0 Å². The molecule has 0 amide bonds. The van der Waals surface area contributed by atoms with E-state index in [4.69, 9.17) is 11.6 Å². The van der Waals surface area contributed by atoms with Crippen LogP contribution in [0.5, 0.6) is 0 Å². The van der Waals surface area contributed by atoms with E-state index in [-0.39, 0.29) is 5.38 Å². The Morgan fingerprint density at radius 1 is 1.33 bits per heavy atom. The van der Waals surface area contributed by atoms with Gasteiger partial charge in [0.15, 0.2) is 0 Å². The predicted molar refractivity (Wildman–Crippen MR) is 78.3 cm³/mol. The van der Waals surface area contributed by atoms with E-state index in [0.717, 1.165) is 29.9 Å².